The molecule has 0 unspecified atom stereocenters. The molecule has 1 aliphatic rings. The molecule has 0 spiro atoms. The van der Waals surface area contributed by atoms with Gasteiger partial charge < -0.3 is 9.64 Å². The van der Waals surface area contributed by atoms with Gasteiger partial charge in [-0.05, 0) is 43.5 Å². The van der Waals surface area contributed by atoms with Crippen molar-refractivity contribution in [3.63, 3.8) is 0 Å². The van der Waals surface area contributed by atoms with Crippen molar-refractivity contribution in [2.24, 2.45) is 0 Å². The van der Waals surface area contributed by atoms with Crippen LogP contribution in [-0.4, -0.2) is 36.6 Å². The number of hydrogen-bond donors (Lipinski definition) is 0. The van der Waals surface area contributed by atoms with E-state index < -0.39 is 5.97 Å². The lowest BCUT2D eigenvalue weighted by Crippen LogP contribution is -2.38. The van der Waals surface area contributed by atoms with E-state index in [1.54, 1.807) is 29.2 Å². The number of para-hydroxylation sites is 1. The minimum atomic E-state index is -0.555. The van der Waals surface area contributed by atoms with Gasteiger partial charge in [-0.2, -0.15) is 0 Å². The second kappa shape index (κ2) is 8.86. The quantitative estimate of drug-likeness (QED) is 0.564. The number of nitrogens with zero attached hydrogens (tertiary/aromatic N) is 1. The lowest BCUT2D eigenvalue weighted by Gasteiger charge is -2.29. The van der Waals surface area contributed by atoms with Crippen LogP contribution in [0.4, 0.5) is 5.69 Å². The van der Waals surface area contributed by atoms with Crippen LogP contribution in [0.5, 0.6) is 0 Å². The molecule has 1 heterocycles. The second-order valence-electron chi connectivity index (χ2n) is 6.34. The third-order valence-corrected chi connectivity index (χ3v) is 5.49. The summed E-state index contributed by atoms with van der Waals surface area (Å²) in [6, 6.07) is 14.7. The molecule has 2 aromatic rings. The second-order valence-corrected chi connectivity index (χ2v) is 7.36. The molecule has 6 heteroatoms. The van der Waals surface area contributed by atoms with E-state index in [0.717, 1.165) is 24.1 Å². The average molecular weight is 383 g/mol. The highest BCUT2D eigenvalue weighted by molar-refractivity contribution is 8.00. The van der Waals surface area contributed by atoms with E-state index in [2.05, 4.69) is 0 Å². The highest BCUT2D eigenvalue weighted by atomic mass is 32.2. The predicted octanol–water partition coefficient (Wildman–Crippen LogP) is 3.50. The van der Waals surface area contributed by atoms with Gasteiger partial charge in [0.15, 0.2) is 6.61 Å². The number of amides is 1. The number of carbonyl (C=O) groups excluding carboxylic acids is 3. The van der Waals surface area contributed by atoms with Crippen LogP contribution >= 0.6 is 11.8 Å². The van der Waals surface area contributed by atoms with Gasteiger partial charge in [0.1, 0.15) is 5.78 Å². The van der Waals surface area contributed by atoms with Crippen molar-refractivity contribution >= 4 is 35.1 Å². The van der Waals surface area contributed by atoms with Gasteiger partial charge in [0.25, 0.3) is 5.91 Å². The van der Waals surface area contributed by atoms with Gasteiger partial charge >= 0.3 is 5.97 Å². The van der Waals surface area contributed by atoms with E-state index in [0.29, 0.717) is 17.0 Å². The first-order valence-corrected chi connectivity index (χ1v) is 9.81. The number of aryl methyl sites for hydroxylation is 1. The number of anilines is 1. The van der Waals surface area contributed by atoms with E-state index in [1.165, 1.54) is 18.7 Å². The third kappa shape index (κ3) is 4.77. The predicted molar refractivity (Wildman–Crippen MR) is 105 cm³/mol. The smallest absolute Gasteiger partial charge is 0.339 e. The number of benzene rings is 2. The number of ether oxygens (including phenoxy) is 1. The van der Waals surface area contributed by atoms with Crippen molar-refractivity contribution in [3.05, 3.63) is 59.7 Å². The Morgan fingerprint density at radius 2 is 1.81 bits per heavy atom. The summed E-state index contributed by atoms with van der Waals surface area (Å²) in [6.07, 6.45) is 1.84. The lowest BCUT2D eigenvalue weighted by molar-refractivity contribution is -0.121. The average Bonchev–Trinajstić information content (AvgIpc) is 2.70. The number of fused-ring (bicyclic) bond motifs is 1. The lowest BCUT2D eigenvalue weighted by atomic mass is 10.0. The molecule has 0 fully saturated rings. The molecule has 0 saturated heterocycles. The van der Waals surface area contributed by atoms with Gasteiger partial charge in [-0.1, -0.05) is 30.3 Å². The fourth-order valence-electron chi connectivity index (χ4n) is 3.02. The minimum absolute atomic E-state index is 0.0297. The number of thioether (sulfide) groups is 1. The van der Waals surface area contributed by atoms with Crippen LogP contribution in [0, 0.1) is 0 Å². The van der Waals surface area contributed by atoms with Gasteiger partial charge in [0.2, 0.25) is 0 Å². The number of Topliss-reactive ketones (excluding diaryl/α,β-unsaturated/α-hetero) is 1. The maximum atomic E-state index is 12.6. The summed E-state index contributed by atoms with van der Waals surface area (Å²) in [7, 11) is 0. The van der Waals surface area contributed by atoms with Crippen molar-refractivity contribution < 1.29 is 19.1 Å². The zero-order valence-corrected chi connectivity index (χ0v) is 16.0. The van der Waals surface area contributed by atoms with Crippen molar-refractivity contribution in [1.29, 1.82) is 0 Å². The summed E-state index contributed by atoms with van der Waals surface area (Å²) in [6.45, 7) is 1.82. The Kier molecular flexibility index (Phi) is 6.29. The number of esters is 1. The van der Waals surface area contributed by atoms with Gasteiger partial charge in [-0.25, -0.2) is 4.79 Å². The van der Waals surface area contributed by atoms with Crippen molar-refractivity contribution in [2.45, 2.75) is 24.7 Å². The number of rotatable bonds is 6. The van der Waals surface area contributed by atoms with Crippen LogP contribution in [0.1, 0.15) is 29.3 Å². The normalized spacial score (nSPS) is 13.0. The summed E-state index contributed by atoms with van der Waals surface area (Å²) in [5.74, 6) is -0.472. The number of hydrogen-bond acceptors (Lipinski definition) is 5. The molecular formula is C21H21NO4S. The Hall–Kier alpha value is -2.60. The summed E-state index contributed by atoms with van der Waals surface area (Å²) >= 11 is 1.29. The molecular weight excluding hydrogens is 362 g/mol. The molecule has 27 heavy (non-hydrogen) atoms. The maximum Gasteiger partial charge on any atom is 0.339 e. The van der Waals surface area contributed by atoms with Crippen LogP contribution in [0.25, 0.3) is 0 Å². The highest BCUT2D eigenvalue weighted by Crippen LogP contribution is 2.27. The van der Waals surface area contributed by atoms with E-state index in [4.69, 9.17) is 4.74 Å². The van der Waals surface area contributed by atoms with Crippen LogP contribution < -0.4 is 4.90 Å². The molecule has 5 nitrogen and oxygen atoms in total. The topological polar surface area (TPSA) is 63.7 Å². The Labute approximate surface area is 162 Å². The Balaban J connectivity index is 1.65. The first kappa shape index (κ1) is 19.2. The Bertz CT molecular complexity index is 865. The summed E-state index contributed by atoms with van der Waals surface area (Å²) in [4.78, 5) is 38.6. The van der Waals surface area contributed by atoms with E-state index in [1.807, 2.05) is 24.3 Å². The standard InChI is InChI=1S/C21H21NO4S/c1-15(23)14-27-19-11-5-3-9-17(19)21(25)26-13-20(24)22-12-6-8-16-7-2-4-10-18(16)22/h2-5,7,9-11H,6,8,12-14H2,1H3. The molecule has 1 aliphatic heterocycles. The Morgan fingerprint density at radius 3 is 2.63 bits per heavy atom. The van der Waals surface area contributed by atoms with Gasteiger partial charge in [0.05, 0.1) is 11.3 Å². The first-order chi connectivity index (χ1) is 13.1. The van der Waals surface area contributed by atoms with Crippen molar-refractivity contribution in [1.82, 2.24) is 0 Å². The first-order valence-electron chi connectivity index (χ1n) is 8.83. The van der Waals surface area contributed by atoms with E-state index in [-0.39, 0.29) is 24.1 Å². The van der Waals surface area contributed by atoms with Crippen molar-refractivity contribution in [3.8, 4) is 0 Å². The summed E-state index contributed by atoms with van der Waals surface area (Å²) in [5.41, 5.74) is 2.40. The molecule has 0 saturated carbocycles. The zero-order chi connectivity index (χ0) is 19.2. The molecule has 0 radical (unpaired) electrons. The maximum absolute atomic E-state index is 12.6. The number of carbonyl (C=O) groups is 3. The third-order valence-electron chi connectivity index (χ3n) is 4.28. The van der Waals surface area contributed by atoms with Crippen LogP contribution in [0.2, 0.25) is 0 Å². The van der Waals surface area contributed by atoms with Crippen LogP contribution in [0.3, 0.4) is 0 Å². The largest absolute Gasteiger partial charge is 0.452 e. The Morgan fingerprint density at radius 1 is 1.07 bits per heavy atom. The molecule has 3 rings (SSSR count). The van der Waals surface area contributed by atoms with Gasteiger partial charge in [0, 0.05) is 17.1 Å². The molecule has 0 atom stereocenters. The molecule has 1 amide bonds. The SMILES string of the molecule is CC(=O)CSc1ccccc1C(=O)OCC(=O)N1CCCc2ccccc21. The molecule has 0 aliphatic carbocycles. The fraction of sp³-hybridized carbons (Fsp3) is 0.286. The zero-order valence-electron chi connectivity index (χ0n) is 15.1. The molecule has 2 aromatic carbocycles. The van der Waals surface area contributed by atoms with E-state index in [9.17, 15) is 14.4 Å². The summed E-state index contributed by atoms with van der Waals surface area (Å²) < 4.78 is 5.28. The molecule has 0 bridgehead atoms. The molecule has 0 N–H and O–H groups in total. The summed E-state index contributed by atoms with van der Waals surface area (Å²) in [5, 5.41) is 0. The number of ketones is 1. The van der Waals surface area contributed by atoms with Crippen molar-refractivity contribution in [2.75, 3.05) is 23.8 Å². The molecule has 0 aromatic heterocycles. The highest BCUT2D eigenvalue weighted by Gasteiger charge is 2.23. The van der Waals surface area contributed by atoms with Crippen LogP contribution in [-0.2, 0) is 20.7 Å². The van der Waals surface area contributed by atoms with Crippen LogP contribution in [0.15, 0.2) is 53.4 Å². The fourth-order valence-corrected chi connectivity index (χ4v) is 3.86. The van der Waals surface area contributed by atoms with E-state index >= 15 is 0 Å². The van der Waals surface area contributed by atoms with Gasteiger partial charge in [-0.3, -0.25) is 9.59 Å². The monoisotopic (exact) mass is 383 g/mol. The minimum Gasteiger partial charge on any atom is -0.452 e. The van der Waals surface area contributed by atoms with Gasteiger partial charge in [-0.15, -0.1) is 11.8 Å². The molecule has 140 valence electrons.